The first-order valence-corrected chi connectivity index (χ1v) is 11.7. The van der Waals surface area contributed by atoms with Crippen LogP contribution in [-0.2, 0) is 15.4 Å². The Hall–Kier alpha value is -2.35. The minimum Gasteiger partial charge on any atom is -0.484 e. The predicted molar refractivity (Wildman–Crippen MR) is 116 cm³/mol. The summed E-state index contributed by atoms with van der Waals surface area (Å²) in [4.78, 5) is 0. The van der Waals surface area contributed by atoms with Crippen molar-refractivity contribution in [3.8, 4) is 11.8 Å². The molecular weight excluding hydrogens is 449 g/mol. The molecule has 0 bridgehead atoms. The molecule has 0 spiro atoms. The number of thiophene rings is 1. The van der Waals surface area contributed by atoms with Gasteiger partial charge in [-0.25, -0.2) is 8.42 Å². The normalized spacial score (nSPS) is 15.0. The molecule has 166 valence electrons. The molecule has 0 amide bonds. The minimum absolute atomic E-state index is 0.0868. The van der Waals surface area contributed by atoms with E-state index in [1.54, 1.807) is 37.3 Å². The van der Waals surface area contributed by atoms with E-state index in [0.717, 1.165) is 14.8 Å². The quantitative estimate of drug-likeness (QED) is 0.554. The van der Waals surface area contributed by atoms with Crippen molar-refractivity contribution in [2.45, 2.75) is 37.2 Å². The number of nitriles is 1. The van der Waals surface area contributed by atoms with Crippen molar-refractivity contribution in [3.05, 3.63) is 42.0 Å². The number of hydrogen-bond donors (Lipinski definition) is 1. The van der Waals surface area contributed by atoms with Crippen molar-refractivity contribution in [1.29, 1.82) is 5.26 Å². The molecule has 0 aliphatic rings. The monoisotopic (exact) mass is 470 g/mol. The average molecular weight is 471 g/mol. The number of fused-ring (bicyclic) bond motifs is 3. The van der Waals surface area contributed by atoms with Gasteiger partial charge in [-0.1, -0.05) is 6.07 Å². The van der Waals surface area contributed by atoms with Crippen LogP contribution in [0, 0.1) is 11.3 Å². The van der Waals surface area contributed by atoms with Gasteiger partial charge in [0.25, 0.3) is 0 Å². The molecule has 3 rings (SSSR count). The number of sulfone groups is 1. The fourth-order valence-corrected chi connectivity index (χ4v) is 5.62. The van der Waals surface area contributed by atoms with E-state index in [1.807, 2.05) is 0 Å². The number of alkyl halides is 3. The SMILES string of the molecule is CC(C)(C#N)S(=O)(=O)C[C@](C)(N)c1ccc2sc3ccc(OCC(F)(F)F)cc3c2c1. The number of benzene rings is 2. The van der Waals surface area contributed by atoms with Crippen LogP contribution in [-0.4, -0.2) is 31.7 Å². The van der Waals surface area contributed by atoms with Crippen molar-refractivity contribution in [3.63, 3.8) is 0 Å². The lowest BCUT2D eigenvalue weighted by Gasteiger charge is -2.28. The average Bonchev–Trinajstić information content (AvgIpc) is 3.02. The number of ether oxygens (including phenoxy) is 1. The van der Waals surface area contributed by atoms with E-state index in [4.69, 9.17) is 10.5 Å². The molecule has 2 aromatic carbocycles. The molecule has 1 heterocycles. The number of halogens is 3. The van der Waals surface area contributed by atoms with E-state index in [0.29, 0.717) is 10.9 Å². The summed E-state index contributed by atoms with van der Waals surface area (Å²) in [6.07, 6.45) is -4.44. The lowest BCUT2D eigenvalue weighted by Crippen LogP contribution is -2.45. The molecule has 0 unspecified atom stereocenters. The summed E-state index contributed by atoms with van der Waals surface area (Å²) in [7, 11) is -3.84. The molecule has 0 saturated heterocycles. The minimum atomic E-state index is -4.44. The number of rotatable bonds is 6. The third kappa shape index (κ3) is 4.79. The molecule has 0 radical (unpaired) electrons. The molecule has 10 heteroatoms. The Bertz CT molecular complexity index is 1290. The first kappa shape index (κ1) is 23.3. The summed E-state index contributed by atoms with van der Waals surface area (Å²) in [5.41, 5.74) is 5.63. The lowest BCUT2D eigenvalue weighted by atomic mass is 9.94. The van der Waals surface area contributed by atoms with E-state index in [9.17, 15) is 26.9 Å². The van der Waals surface area contributed by atoms with Crippen LogP contribution in [0.4, 0.5) is 13.2 Å². The van der Waals surface area contributed by atoms with Gasteiger partial charge >= 0.3 is 6.18 Å². The third-order valence-corrected chi connectivity index (χ3v) is 8.82. The van der Waals surface area contributed by atoms with Crippen LogP contribution in [0.3, 0.4) is 0 Å². The zero-order valence-corrected chi connectivity index (χ0v) is 18.7. The molecule has 5 nitrogen and oxygen atoms in total. The highest BCUT2D eigenvalue weighted by Gasteiger charge is 2.40. The second-order valence-electron chi connectivity index (χ2n) is 8.17. The van der Waals surface area contributed by atoms with E-state index in [-0.39, 0.29) is 5.75 Å². The first-order chi connectivity index (χ1) is 14.2. The Balaban J connectivity index is 2.02. The Labute approximate surface area is 182 Å². The maximum absolute atomic E-state index is 12.7. The Morgan fingerprint density at radius 3 is 2.23 bits per heavy atom. The summed E-state index contributed by atoms with van der Waals surface area (Å²) < 4.78 is 67.8. The van der Waals surface area contributed by atoms with Crippen molar-refractivity contribution in [2.75, 3.05) is 12.4 Å². The van der Waals surface area contributed by atoms with Gasteiger partial charge in [0.15, 0.2) is 21.2 Å². The molecular formula is C21H21F3N2O3S2. The summed E-state index contributed by atoms with van der Waals surface area (Å²) in [6.45, 7) is 2.85. The van der Waals surface area contributed by atoms with Gasteiger partial charge in [0, 0.05) is 20.2 Å². The Morgan fingerprint density at radius 2 is 1.65 bits per heavy atom. The second-order valence-corrected chi connectivity index (χ2v) is 11.8. The lowest BCUT2D eigenvalue weighted by molar-refractivity contribution is -0.153. The molecule has 31 heavy (non-hydrogen) atoms. The maximum Gasteiger partial charge on any atom is 0.422 e. The third-order valence-electron chi connectivity index (χ3n) is 5.04. The van der Waals surface area contributed by atoms with Crippen molar-refractivity contribution < 1.29 is 26.3 Å². The van der Waals surface area contributed by atoms with Gasteiger partial charge in [-0.05, 0) is 56.7 Å². The molecule has 0 fully saturated rings. The fourth-order valence-electron chi connectivity index (χ4n) is 3.09. The highest BCUT2D eigenvalue weighted by molar-refractivity contribution is 7.93. The molecule has 2 N–H and O–H groups in total. The Kier molecular flexibility index (Phi) is 5.76. The fraction of sp³-hybridized carbons (Fsp3) is 0.381. The van der Waals surface area contributed by atoms with Crippen LogP contribution < -0.4 is 10.5 Å². The summed E-state index contributed by atoms with van der Waals surface area (Å²) in [5, 5.41) is 10.6. The van der Waals surface area contributed by atoms with Gasteiger partial charge in [-0.3, -0.25) is 0 Å². The van der Waals surface area contributed by atoms with Gasteiger partial charge in [0.05, 0.1) is 17.4 Å². The van der Waals surface area contributed by atoms with Gasteiger partial charge in [-0.2, -0.15) is 18.4 Å². The van der Waals surface area contributed by atoms with Crippen LogP contribution in [0.5, 0.6) is 5.75 Å². The predicted octanol–water partition coefficient (Wildman–Crippen LogP) is 4.89. The van der Waals surface area contributed by atoms with Gasteiger partial charge in [-0.15, -0.1) is 11.3 Å². The zero-order valence-electron chi connectivity index (χ0n) is 17.1. The number of hydrogen-bond acceptors (Lipinski definition) is 6. The molecule has 0 aliphatic carbocycles. The molecule has 1 atom stereocenters. The highest BCUT2D eigenvalue weighted by Crippen LogP contribution is 2.38. The first-order valence-electron chi connectivity index (χ1n) is 9.24. The molecule has 0 aliphatic heterocycles. The number of nitrogens with two attached hydrogens (primary N) is 1. The number of nitrogens with zero attached hydrogens (tertiary/aromatic N) is 1. The van der Waals surface area contributed by atoms with Crippen LogP contribution >= 0.6 is 11.3 Å². The molecule has 3 aromatic rings. The van der Waals surface area contributed by atoms with Gasteiger partial charge in [0.2, 0.25) is 0 Å². The van der Waals surface area contributed by atoms with Crippen LogP contribution in [0.15, 0.2) is 36.4 Å². The van der Waals surface area contributed by atoms with Crippen molar-refractivity contribution in [1.82, 2.24) is 0 Å². The molecule has 0 saturated carbocycles. The van der Waals surface area contributed by atoms with Gasteiger partial charge in [0.1, 0.15) is 5.75 Å². The zero-order chi connectivity index (χ0) is 23.2. The van der Waals surface area contributed by atoms with Crippen molar-refractivity contribution >= 4 is 41.3 Å². The van der Waals surface area contributed by atoms with Gasteiger partial charge < -0.3 is 10.5 Å². The van der Waals surface area contributed by atoms with E-state index >= 15 is 0 Å². The van der Waals surface area contributed by atoms with Crippen molar-refractivity contribution in [2.24, 2.45) is 5.73 Å². The highest BCUT2D eigenvalue weighted by atomic mass is 32.2. The van der Waals surface area contributed by atoms with Crippen LogP contribution in [0.2, 0.25) is 0 Å². The van der Waals surface area contributed by atoms with E-state index in [1.165, 1.54) is 37.3 Å². The standard InChI is InChI=1S/C21H21F3N2O3S2/c1-19(2,10-25)31(27,28)12-20(3,26)13-4-6-17-15(8-13)16-9-14(5-7-18(16)30-17)29-11-21(22,23)24/h4-9H,11-12,26H2,1-3H3/t20-/m0/s1. The van der Waals surface area contributed by atoms with Crippen LogP contribution in [0.25, 0.3) is 20.2 Å². The Morgan fingerprint density at radius 1 is 1.06 bits per heavy atom. The van der Waals surface area contributed by atoms with Crippen LogP contribution in [0.1, 0.15) is 26.3 Å². The van der Waals surface area contributed by atoms with E-state index in [2.05, 4.69) is 0 Å². The summed E-state index contributed by atoms with van der Waals surface area (Å²) in [5.74, 6) is -0.350. The summed E-state index contributed by atoms with van der Waals surface area (Å²) in [6, 6.07) is 11.8. The largest absolute Gasteiger partial charge is 0.484 e. The second kappa shape index (κ2) is 7.65. The van der Waals surface area contributed by atoms with E-state index < -0.39 is 38.7 Å². The summed E-state index contributed by atoms with van der Waals surface area (Å²) >= 11 is 1.45. The topological polar surface area (TPSA) is 93.2 Å². The maximum atomic E-state index is 12.7. The molecule has 1 aromatic heterocycles. The smallest absolute Gasteiger partial charge is 0.422 e.